The molecule has 0 aliphatic heterocycles. The number of nitrogens with one attached hydrogen (secondary N) is 1. The number of halogens is 2. The van der Waals surface area contributed by atoms with E-state index in [-0.39, 0.29) is 4.90 Å². The lowest BCUT2D eigenvalue weighted by Crippen LogP contribution is -2.25. The van der Waals surface area contributed by atoms with Crippen LogP contribution in [0.15, 0.2) is 58.6 Å². The SMILES string of the molecule is N/C(CS(=O)(=O)c1ccc(F)cc1)=N\OC(=O)Nc1ccc(Cl)cc1. The molecule has 1 amide bonds. The second-order valence-electron chi connectivity index (χ2n) is 4.81. The minimum absolute atomic E-state index is 0.127. The summed E-state index contributed by atoms with van der Waals surface area (Å²) >= 11 is 5.71. The van der Waals surface area contributed by atoms with Gasteiger partial charge in [0.05, 0.1) is 4.90 Å². The number of nitrogens with zero attached hydrogens (tertiary/aromatic N) is 1. The molecule has 132 valence electrons. The van der Waals surface area contributed by atoms with Crippen molar-refractivity contribution in [2.45, 2.75) is 4.90 Å². The highest BCUT2D eigenvalue weighted by Gasteiger charge is 2.17. The van der Waals surface area contributed by atoms with Gasteiger partial charge < -0.3 is 5.73 Å². The number of hydrogen-bond donors (Lipinski definition) is 2. The molecule has 0 fully saturated rings. The van der Waals surface area contributed by atoms with E-state index in [1.54, 1.807) is 12.1 Å². The Hall–Kier alpha value is -2.65. The summed E-state index contributed by atoms with van der Waals surface area (Å²) in [4.78, 5) is 15.9. The molecule has 2 aromatic rings. The van der Waals surface area contributed by atoms with E-state index >= 15 is 0 Å². The van der Waals surface area contributed by atoms with Gasteiger partial charge in [0.2, 0.25) is 0 Å². The van der Waals surface area contributed by atoms with Gasteiger partial charge in [-0.15, -0.1) is 0 Å². The molecule has 0 bridgehead atoms. The highest BCUT2D eigenvalue weighted by Crippen LogP contribution is 2.14. The van der Waals surface area contributed by atoms with E-state index < -0.39 is 33.3 Å². The van der Waals surface area contributed by atoms with Crippen molar-refractivity contribution in [2.24, 2.45) is 10.9 Å². The Kier molecular flexibility index (Phi) is 5.94. The minimum Gasteiger partial charge on any atom is -0.384 e. The standard InChI is InChI=1S/C15H13ClFN3O4S/c16-10-1-5-12(6-2-10)19-15(21)24-20-14(18)9-25(22,23)13-7-3-11(17)4-8-13/h1-8H,9H2,(H2,18,20)(H,19,21). The van der Waals surface area contributed by atoms with Crippen LogP contribution in [-0.2, 0) is 14.7 Å². The molecule has 0 spiro atoms. The largest absolute Gasteiger partial charge is 0.437 e. The number of carbonyl (C=O) groups is 1. The summed E-state index contributed by atoms with van der Waals surface area (Å²) in [6.45, 7) is 0. The number of anilines is 1. The maximum absolute atomic E-state index is 12.8. The average molecular weight is 386 g/mol. The molecular weight excluding hydrogens is 373 g/mol. The van der Waals surface area contributed by atoms with Gasteiger partial charge in [-0.1, -0.05) is 16.8 Å². The summed E-state index contributed by atoms with van der Waals surface area (Å²) in [5, 5.41) is 6.11. The molecule has 3 N–H and O–H groups in total. The number of sulfone groups is 1. The second-order valence-corrected chi connectivity index (χ2v) is 7.23. The highest BCUT2D eigenvalue weighted by atomic mass is 35.5. The molecule has 0 aliphatic rings. The van der Waals surface area contributed by atoms with Crippen molar-refractivity contribution in [1.82, 2.24) is 0 Å². The lowest BCUT2D eigenvalue weighted by Gasteiger charge is -2.05. The third-order valence-electron chi connectivity index (χ3n) is 2.85. The van der Waals surface area contributed by atoms with E-state index in [9.17, 15) is 17.6 Å². The van der Waals surface area contributed by atoms with E-state index in [4.69, 9.17) is 17.3 Å². The Morgan fingerprint density at radius 2 is 1.76 bits per heavy atom. The molecule has 0 atom stereocenters. The van der Waals surface area contributed by atoms with Gasteiger partial charge in [0, 0.05) is 10.7 Å². The number of carbonyl (C=O) groups excluding carboxylic acids is 1. The lowest BCUT2D eigenvalue weighted by molar-refractivity contribution is 0.166. The number of rotatable bonds is 5. The highest BCUT2D eigenvalue weighted by molar-refractivity contribution is 7.92. The summed E-state index contributed by atoms with van der Waals surface area (Å²) in [7, 11) is -3.84. The molecule has 2 rings (SSSR count). The fourth-order valence-electron chi connectivity index (χ4n) is 1.72. The van der Waals surface area contributed by atoms with Crippen molar-refractivity contribution >= 4 is 39.1 Å². The number of amides is 1. The fourth-order valence-corrected chi connectivity index (χ4v) is 3.01. The van der Waals surface area contributed by atoms with Crippen LogP contribution >= 0.6 is 11.6 Å². The zero-order valence-electron chi connectivity index (χ0n) is 12.6. The first-order chi connectivity index (χ1) is 11.8. The van der Waals surface area contributed by atoms with Crippen LogP contribution in [-0.4, -0.2) is 26.1 Å². The van der Waals surface area contributed by atoms with Crippen molar-refractivity contribution in [1.29, 1.82) is 0 Å². The number of benzene rings is 2. The third kappa shape index (κ3) is 5.73. The molecule has 25 heavy (non-hydrogen) atoms. The first-order valence-electron chi connectivity index (χ1n) is 6.80. The van der Waals surface area contributed by atoms with E-state index in [1.165, 1.54) is 12.1 Å². The van der Waals surface area contributed by atoms with Crippen LogP contribution in [0.5, 0.6) is 0 Å². The topological polar surface area (TPSA) is 111 Å². The van der Waals surface area contributed by atoms with E-state index in [2.05, 4.69) is 15.3 Å². The van der Waals surface area contributed by atoms with Gasteiger partial charge in [-0.05, 0) is 48.5 Å². The van der Waals surface area contributed by atoms with Crippen molar-refractivity contribution in [3.05, 3.63) is 59.4 Å². The molecule has 0 heterocycles. The molecule has 0 aromatic heterocycles. The summed E-state index contributed by atoms with van der Waals surface area (Å²) in [6, 6.07) is 10.4. The molecule has 10 heteroatoms. The number of amidine groups is 1. The summed E-state index contributed by atoms with van der Waals surface area (Å²) in [5.41, 5.74) is 5.87. The van der Waals surface area contributed by atoms with Crippen molar-refractivity contribution in [3.8, 4) is 0 Å². The molecule has 0 unspecified atom stereocenters. The Morgan fingerprint density at radius 3 is 2.36 bits per heavy atom. The van der Waals surface area contributed by atoms with Gasteiger partial charge in [0.15, 0.2) is 15.7 Å². The van der Waals surface area contributed by atoms with Crippen LogP contribution < -0.4 is 11.1 Å². The van der Waals surface area contributed by atoms with Gasteiger partial charge in [-0.3, -0.25) is 10.2 Å². The molecule has 0 aliphatic carbocycles. The fraction of sp³-hybridized carbons (Fsp3) is 0.0667. The number of hydrogen-bond acceptors (Lipinski definition) is 5. The Bertz CT molecular complexity index is 884. The summed E-state index contributed by atoms with van der Waals surface area (Å²) in [6.07, 6.45) is -0.954. The van der Waals surface area contributed by atoms with Crippen LogP contribution in [0.3, 0.4) is 0 Å². The van der Waals surface area contributed by atoms with E-state index in [0.717, 1.165) is 24.3 Å². The van der Waals surface area contributed by atoms with Crippen molar-refractivity contribution < 1.29 is 22.4 Å². The van der Waals surface area contributed by atoms with Crippen LogP contribution in [0.2, 0.25) is 5.02 Å². The Labute approximate surface area is 148 Å². The quantitative estimate of drug-likeness (QED) is 0.270. The molecule has 7 nitrogen and oxygen atoms in total. The first kappa shape index (κ1) is 18.7. The van der Waals surface area contributed by atoms with Gasteiger partial charge in [-0.2, -0.15) is 0 Å². The summed E-state index contributed by atoms with van der Waals surface area (Å²) in [5.74, 6) is -1.69. The van der Waals surface area contributed by atoms with Crippen molar-refractivity contribution in [2.75, 3.05) is 11.1 Å². The van der Waals surface area contributed by atoms with Gasteiger partial charge in [-0.25, -0.2) is 17.6 Å². The van der Waals surface area contributed by atoms with E-state index in [0.29, 0.717) is 10.7 Å². The Morgan fingerprint density at radius 1 is 1.16 bits per heavy atom. The van der Waals surface area contributed by atoms with E-state index in [1.807, 2.05) is 0 Å². The Balaban J connectivity index is 1.95. The first-order valence-corrected chi connectivity index (χ1v) is 8.83. The van der Waals surface area contributed by atoms with Crippen LogP contribution in [0.1, 0.15) is 0 Å². The third-order valence-corrected chi connectivity index (χ3v) is 4.77. The molecular formula is C15H13ClFN3O4S. The minimum atomic E-state index is -3.84. The zero-order valence-corrected chi connectivity index (χ0v) is 14.2. The smallest absolute Gasteiger partial charge is 0.384 e. The van der Waals surface area contributed by atoms with Crippen LogP contribution in [0.4, 0.5) is 14.9 Å². The monoisotopic (exact) mass is 385 g/mol. The molecule has 0 radical (unpaired) electrons. The zero-order chi connectivity index (χ0) is 18.4. The van der Waals surface area contributed by atoms with Gasteiger partial charge >= 0.3 is 6.09 Å². The predicted octanol–water partition coefficient (Wildman–Crippen LogP) is 2.77. The molecule has 0 saturated heterocycles. The number of oxime groups is 1. The predicted molar refractivity (Wildman–Crippen MR) is 91.6 cm³/mol. The normalized spacial score (nSPS) is 11.8. The second kappa shape index (κ2) is 7.95. The maximum atomic E-state index is 12.8. The molecule has 0 saturated carbocycles. The maximum Gasteiger partial charge on any atom is 0.437 e. The summed E-state index contributed by atoms with van der Waals surface area (Å²) < 4.78 is 37.0. The lowest BCUT2D eigenvalue weighted by atomic mass is 10.3. The van der Waals surface area contributed by atoms with Gasteiger partial charge in [0.25, 0.3) is 0 Å². The van der Waals surface area contributed by atoms with Crippen LogP contribution in [0, 0.1) is 5.82 Å². The van der Waals surface area contributed by atoms with Crippen LogP contribution in [0.25, 0.3) is 0 Å². The average Bonchev–Trinajstić information content (AvgIpc) is 2.55. The molecule has 2 aromatic carbocycles. The van der Waals surface area contributed by atoms with Crippen molar-refractivity contribution in [3.63, 3.8) is 0 Å². The van der Waals surface area contributed by atoms with Gasteiger partial charge in [0.1, 0.15) is 11.6 Å². The number of nitrogens with two attached hydrogens (primary N) is 1.